The minimum Gasteiger partial charge on any atom is -0.385 e. The third kappa shape index (κ3) is 1.31. The Hall–Kier alpha value is -0.383. The van der Waals surface area contributed by atoms with E-state index in [1.165, 1.54) is 0 Å². The van der Waals surface area contributed by atoms with Crippen molar-refractivity contribution < 1.29 is 8.85 Å². The summed E-state index contributed by atoms with van der Waals surface area (Å²) in [6.45, 7) is 4.15. The predicted octanol–water partition coefficient (Wildman–Crippen LogP) is 1.60. The Kier molecular flexibility index (Phi) is 1.52. The topological polar surface area (TPSA) is 18.5 Å². The van der Waals surface area contributed by atoms with Crippen LogP contribution < -0.4 is 0 Å². The van der Waals surface area contributed by atoms with Gasteiger partial charge in [-0.05, 0) is 13.1 Å². The van der Waals surface area contributed by atoms with Gasteiger partial charge in [0, 0.05) is 0 Å². The van der Waals surface area contributed by atoms with Crippen LogP contribution in [0.4, 0.5) is 0 Å². The summed E-state index contributed by atoms with van der Waals surface area (Å²) in [5.41, 5.74) is 0. The minimum atomic E-state index is -1.77. The third-order valence-corrected chi connectivity index (χ3v) is 3.56. The zero-order chi connectivity index (χ0) is 7.90. The van der Waals surface area contributed by atoms with Crippen molar-refractivity contribution >= 4 is 8.56 Å². The Balaban J connectivity index is 2.18. The smallest absolute Gasteiger partial charge is 0.332 e. The SMILES string of the molecule is C[Si]1(C)O[C@H]2C=CC=C[C@H]2O1. The van der Waals surface area contributed by atoms with Crippen LogP contribution in [-0.2, 0) is 8.85 Å². The maximum atomic E-state index is 5.73. The second kappa shape index (κ2) is 2.30. The summed E-state index contributed by atoms with van der Waals surface area (Å²) in [4.78, 5) is 0. The number of hydrogen-bond acceptors (Lipinski definition) is 2. The van der Waals surface area contributed by atoms with Crippen LogP contribution in [0.25, 0.3) is 0 Å². The van der Waals surface area contributed by atoms with Crippen LogP contribution in [-0.4, -0.2) is 20.8 Å². The van der Waals surface area contributed by atoms with Crippen LogP contribution in [0.5, 0.6) is 0 Å². The maximum absolute atomic E-state index is 5.73. The van der Waals surface area contributed by atoms with Crippen molar-refractivity contribution in [1.29, 1.82) is 0 Å². The molecule has 0 aromatic rings. The Morgan fingerprint density at radius 2 is 1.45 bits per heavy atom. The molecule has 0 N–H and O–H groups in total. The van der Waals surface area contributed by atoms with Crippen LogP contribution in [0.1, 0.15) is 0 Å². The van der Waals surface area contributed by atoms with E-state index < -0.39 is 8.56 Å². The summed E-state index contributed by atoms with van der Waals surface area (Å²) in [7, 11) is -1.77. The Bertz CT molecular complexity index is 198. The molecule has 0 aromatic carbocycles. The largest absolute Gasteiger partial charge is 0.385 e. The summed E-state index contributed by atoms with van der Waals surface area (Å²) >= 11 is 0. The molecule has 0 unspecified atom stereocenters. The van der Waals surface area contributed by atoms with Crippen molar-refractivity contribution in [3.05, 3.63) is 24.3 Å². The molecule has 0 spiro atoms. The van der Waals surface area contributed by atoms with Crippen molar-refractivity contribution in [3.8, 4) is 0 Å². The quantitative estimate of drug-likeness (QED) is 0.511. The van der Waals surface area contributed by atoms with E-state index in [2.05, 4.69) is 25.2 Å². The van der Waals surface area contributed by atoms with Gasteiger partial charge in [-0.2, -0.15) is 0 Å². The average molecular weight is 168 g/mol. The summed E-state index contributed by atoms with van der Waals surface area (Å²) in [6, 6.07) is 0. The Labute approximate surface area is 67.8 Å². The lowest BCUT2D eigenvalue weighted by atomic mass is 10.1. The fourth-order valence-electron chi connectivity index (χ4n) is 1.46. The van der Waals surface area contributed by atoms with E-state index in [9.17, 15) is 0 Å². The molecule has 1 saturated heterocycles. The third-order valence-electron chi connectivity index (χ3n) is 1.88. The zero-order valence-electron chi connectivity index (χ0n) is 6.78. The van der Waals surface area contributed by atoms with Gasteiger partial charge in [-0.1, -0.05) is 24.3 Å². The van der Waals surface area contributed by atoms with Crippen LogP contribution in [0.3, 0.4) is 0 Å². The number of rotatable bonds is 0. The molecule has 2 nitrogen and oxygen atoms in total. The zero-order valence-corrected chi connectivity index (χ0v) is 7.78. The second-order valence-electron chi connectivity index (χ2n) is 3.33. The van der Waals surface area contributed by atoms with Gasteiger partial charge < -0.3 is 8.85 Å². The summed E-state index contributed by atoms with van der Waals surface area (Å²) in [6.07, 6.45) is 8.52. The standard InChI is InChI=1S/C8H12O2Si/c1-11(2)9-7-5-3-4-6-8(7)10-11/h3-8H,1-2H3/t7-,8+. The maximum Gasteiger partial charge on any atom is 0.332 e. The molecule has 0 amide bonds. The lowest BCUT2D eigenvalue weighted by Gasteiger charge is -2.11. The van der Waals surface area contributed by atoms with Crippen molar-refractivity contribution in [1.82, 2.24) is 0 Å². The molecule has 3 heteroatoms. The van der Waals surface area contributed by atoms with Gasteiger partial charge in [0.25, 0.3) is 0 Å². The Morgan fingerprint density at radius 3 is 1.91 bits per heavy atom. The normalized spacial score (nSPS) is 39.1. The highest BCUT2D eigenvalue weighted by Crippen LogP contribution is 2.28. The highest BCUT2D eigenvalue weighted by Gasteiger charge is 2.41. The fourth-order valence-corrected chi connectivity index (χ4v) is 3.25. The van der Waals surface area contributed by atoms with Gasteiger partial charge in [0.2, 0.25) is 0 Å². The molecule has 2 rings (SSSR count). The predicted molar refractivity (Wildman–Crippen MR) is 45.5 cm³/mol. The number of allylic oxidation sites excluding steroid dienone is 2. The van der Waals surface area contributed by atoms with Gasteiger partial charge in [0.15, 0.2) is 0 Å². The lowest BCUT2D eigenvalue weighted by Crippen LogP contribution is -2.28. The van der Waals surface area contributed by atoms with E-state index >= 15 is 0 Å². The van der Waals surface area contributed by atoms with Crippen LogP contribution in [0, 0.1) is 0 Å². The molecule has 1 aliphatic carbocycles. The molecule has 2 aliphatic rings. The fraction of sp³-hybridized carbons (Fsp3) is 0.500. The molecule has 2 atom stereocenters. The first-order valence-electron chi connectivity index (χ1n) is 3.88. The minimum absolute atomic E-state index is 0.182. The summed E-state index contributed by atoms with van der Waals surface area (Å²) in [5.74, 6) is 0. The molecule has 1 aliphatic heterocycles. The molecule has 1 fully saturated rings. The van der Waals surface area contributed by atoms with E-state index in [1.807, 2.05) is 12.2 Å². The number of hydrogen-bond donors (Lipinski definition) is 0. The van der Waals surface area contributed by atoms with Gasteiger partial charge in [-0.15, -0.1) is 0 Å². The van der Waals surface area contributed by atoms with Gasteiger partial charge in [-0.3, -0.25) is 0 Å². The van der Waals surface area contributed by atoms with Gasteiger partial charge in [-0.25, -0.2) is 0 Å². The molecule has 0 radical (unpaired) electrons. The van der Waals surface area contributed by atoms with Crippen molar-refractivity contribution in [2.75, 3.05) is 0 Å². The molecule has 0 saturated carbocycles. The Morgan fingerprint density at radius 1 is 1.00 bits per heavy atom. The van der Waals surface area contributed by atoms with Crippen molar-refractivity contribution in [3.63, 3.8) is 0 Å². The van der Waals surface area contributed by atoms with Crippen molar-refractivity contribution in [2.24, 2.45) is 0 Å². The van der Waals surface area contributed by atoms with E-state index in [4.69, 9.17) is 8.85 Å². The molecule has 0 bridgehead atoms. The molecule has 1 heterocycles. The van der Waals surface area contributed by atoms with Gasteiger partial charge in [0.05, 0.1) is 12.2 Å². The van der Waals surface area contributed by atoms with E-state index in [-0.39, 0.29) is 12.2 Å². The molecule has 11 heavy (non-hydrogen) atoms. The average Bonchev–Trinajstić information content (AvgIpc) is 2.21. The highest BCUT2D eigenvalue weighted by molar-refractivity contribution is 6.65. The monoisotopic (exact) mass is 168 g/mol. The summed E-state index contributed by atoms with van der Waals surface area (Å²) in [5, 5.41) is 0. The van der Waals surface area contributed by atoms with E-state index in [0.717, 1.165) is 0 Å². The van der Waals surface area contributed by atoms with Crippen LogP contribution >= 0.6 is 0 Å². The van der Waals surface area contributed by atoms with Gasteiger partial charge in [0.1, 0.15) is 0 Å². The van der Waals surface area contributed by atoms with Crippen molar-refractivity contribution in [2.45, 2.75) is 25.3 Å². The first-order chi connectivity index (χ1) is 5.17. The molecular weight excluding hydrogens is 156 g/mol. The molecular formula is C8H12O2Si. The first kappa shape index (κ1) is 7.28. The molecule has 60 valence electrons. The van der Waals surface area contributed by atoms with Crippen LogP contribution in [0.15, 0.2) is 24.3 Å². The van der Waals surface area contributed by atoms with Gasteiger partial charge >= 0.3 is 8.56 Å². The van der Waals surface area contributed by atoms with E-state index in [0.29, 0.717) is 0 Å². The number of fused-ring (bicyclic) bond motifs is 1. The second-order valence-corrected chi connectivity index (χ2v) is 6.61. The van der Waals surface area contributed by atoms with Crippen LogP contribution in [0.2, 0.25) is 13.1 Å². The molecule has 0 aromatic heterocycles. The summed E-state index contributed by atoms with van der Waals surface area (Å²) < 4.78 is 11.5. The first-order valence-corrected chi connectivity index (χ1v) is 6.70. The van der Waals surface area contributed by atoms with E-state index in [1.54, 1.807) is 0 Å². The lowest BCUT2D eigenvalue weighted by molar-refractivity contribution is 0.233. The highest BCUT2D eigenvalue weighted by atomic mass is 28.4.